The van der Waals surface area contributed by atoms with Gasteiger partial charge in [-0.15, -0.1) is 0 Å². The molecule has 12 heteroatoms. The average Bonchev–Trinajstić information content (AvgIpc) is 3.07. The van der Waals surface area contributed by atoms with Gasteiger partial charge >= 0.3 is 26.3 Å². The molecule has 0 radical (unpaired) electrons. The summed E-state index contributed by atoms with van der Waals surface area (Å²) in [5, 5.41) is 9.70. The van der Waals surface area contributed by atoms with Crippen molar-refractivity contribution in [2.24, 2.45) is 0 Å². The number of benzene rings is 3. The minimum atomic E-state index is -4.15. The summed E-state index contributed by atoms with van der Waals surface area (Å²) < 4.78 is 61.8. The molecule has 0 unspecified atom stereocenters. The first-order valence-corrected chi connectivity index (χ1v) is 13.8. The normalized spacial score (nSPS) is 14.6. The van der Waals surface area contributed by atoms with Crippen molar-refractivity contribution < 1.29 is 35.7 Å². The van der Waals surface area contributed by atoms with E-state index < -0.39 is 32.2 Å². The fourth-order valence-electron chi connectivity index (χ4n) is 3.52. The van der Waals surface area contributed by atoms with Crippen molar-refractivity contribution in [1.29, 1.82) is 0 Å². The van der Waals surface area contributed by atoms with Gasteiger partial charge in [0.05, 0.1) is 18.0 Å². The molecule has 1 aliphatic heterocycles. The Hall–Kier alpha value is -4.03. The lowest BCUT2D eigenvalue weighted by Gasteiger charge is -2.19. The predicted octanol–water partition coefficient (Wildman–Crippen LogP) is 3.15. The summed E-state index contributed by atoms with van der Waals surface area (Å²) in [4.78, 5) is 12.8. The number of rotatable bonds is 7. The number of hydrogen-bond acceptors (Lipinski definition) is 8. The molecule has 0 aromatic heterocycles. The van der Waals surface area contributed by atoms with Crippen molar-refractivity contribution >= 4 is 32.0 Å². The summed E-state index contributed by atoms with van der Waals surface area (Å²) in [5.41, 5.74) is 2.15. The number of ether oxygens (including phenoxy) is 1. The lowest BCUT2D eigenvalue weighted by Crippen LogP contribution is -2.30. The second-order valence-corrected chi connectivity index (χ2v) is 11.2. The topological polar surface area (TPSA) is 139 Å². The van der Waals surface area contributed by atoms with E-state index in [0.717, 1.165) is 22.3 Å². The van der Waals surface area contributed by atoms with Crippen LogP contribution in [0.5, 0.6) is 11.5 Å². The maximum Gasteiger partial charge on any atom is 0.343 e. The third kappa shape index (κ3) is 5.78. The molecule has 0 bridgehead atoms. The molecule has 0 saturated heterocycles. The van der Waals surface area contributed by atoms with E-state index in [-0.39, 0.29) is 29.2 Å². The molecule has 2 N–H and O–H groups in total. The minimum absolute atomic E-state index is 0.0175. The van der Waals surface area contributed by atoms with Crippen LogP contribution in [-0.2, 0) is 26.7 Å². The Kier molecular flexibility index (Phi) is 6.65. The third-order valence-electron chi connectivity index (χ3n) is 5.06. The monoisotopic (exact) mass is 530 g/mol. The molecule has 3 aromatic rings. The van der Waals surface area contributed by atoms with Crippen molar-refractivity contribution in [3.05, 3.63) is 101 Å². The zero-order chi connectivity index (χ0) is 26.1. The van der Waals surface area contributed by atoms with Gasteiger partial charge in [-0.3, -0.25) is 0 Å². The van der Waals surface area contributed by atoms with Crippen LogP contribution in [0.3, 0.4) is 0 Å². The summed E-state index contributed by atoms with van der Waals surface area (Å²) in [6.07, 6.45) is 2.08. The van der Waals surface area contributed by atoms with Crippen molar-refractivity contribution in [3.8, 4) is 11.5 Å². The van der Waals surface area contributed by atoms with Crippen molar-refractivity contribution in [3.63, 3.8) is 0 Å². The summed E-state index contributed by atoms with van der Waals surface area (Å²) >= 11 is 0. The molecule has 3 aromatic carbocycles. The van der Waals surface area contributed by atoms with Crippen LogP contribution >= 0.6 is 0 Å². The van der Waals surface area contributed by atoms with E-state index in [9.17, 15) is 26.7 Å². The molecule has 0 fully saturated rings. The van der Waals surface area contributed by atoms with Gasteiger partial charge in [0.15, 0.2) is 5.75 Å². The van der Waals surface area contributed by atoms with Gasteiger partial charge < -0.3 is 14.0 Å². The lowest BCUT2D eigenvalue weighted by molar-refractivity contribution is 0.0735. The Bertz CT molecular complexity index is 1570. The molecule has 4 rings (SSSR count). The highest BCUT2D eigenvalue weighted by atomic mass is 32.2. The van der Waals surface area contributed by atoms with Gasteiger partial charge in [-0.25, -0.2) is 13.8 Å². The lowest BCUT2D eigenvalue weighted by atomic mass is 10.0. The summed E-state index contributed by atoms with van der Waals surface area (Å²) in [6.45, 7) is 1.79. The molecule has 10 nitrogen and oxygen atoms in total. The van der Waals surface area contributed by atoms with E-state index in [2.05, 4.69) is 0 Å². The van der Waals surface area contributed by atoms with Gasteiger partial charge in [-0.2, -0.15) is 16.8 Å². The van der Waals surface area contributed by atoms with Gasteiger partial charge in [-0.05, 0) is 48.4 Å². The first-order chi connectivity index (χ1) is 16.9. The van der Waals surface area contributed by atoms with E-state index in [1.54, 1.807) is 61.5 Å². The number of carbonyl (C=O) groups excluding carboxylic acids is 1. The zero-order valence-corrected chi connectivity index (χ0v) is 20.8. The number of aryl methyl sites for hydroxylation is 1. The second-order valence-electron chi connectivity index (χ2n) is 8.05. The standard InChI is InChI=1S/C24H22N2O8S2/c1-16-8-10-19(21(12-16)34-35(2,29)30)13-17-9-11-20(26-15-23(27)25-36(26,31)32)22(14-17)33-24(28)18-6-4-3-5-7-18/h3-12,14-15,25,27H,13H2,1-2H3. The van der Waals surface area contributed by atoms with Crippen molar-refractivity contribution in [1.82, 2.24) is 4.72 Å². The highest BCUT2D eigenvalue weighted by Gasteiger charge is 2.31. The number of aliphatic hydroxyl groups is 1. The van der Waals surface area contributed by atoms with E-state index >= 15 is 0 Å². The number of aliphatic hydroxyl groups excluding tert-OH is 1. The summed E-state index contributed by atoms with van der Waals surface area (Å²) in [6, 6.07) is 17.7. The van der Waals surface area contributed by atoms with Crippen LogP contribution in [0.15, 0.2) is 78.8 Å². The van der Waals surface area contributed by atoms with Crippen molar-refractivity contribution in [2.45, 2.75) is 13.3 Å². The maximum absolute atomic E-state index is 12.8. The molecule has 1 heterocycles. The van der Waals surface area contributed by atoms with Crippen LogP contribution in [0.2, 0.25) is 0 Å². The SMILES string of the molecule is Cc1ccc(Cc2ccc(N3C=C(O)NS3(=O)=O)c(OC(=O)c3ccccc3)c2)c(OS(C)(=O)=O)c1. The molecule has 188 valence electrons. The second kappa shape index (κ2) is 9.55. The van der Waals surface area contributed by atoms with Gasteiger partial charge in [0.1, 0.15) is 11.4 Å². The Morgan fingerprint density at radius 2 is 1.75 bits per heavy atom. The van der Waals surface area contributed by atoms with Crippen LogP contribution in [0, 0.1) is 6.92 Å². The van der Waals surface area contributed by atoms with Crippen molar-refractivity contribution in [2.75, 3.05) is 10.6 Å². The van der Waals surface area contributed by atoms with Crippen LogP contribution in [0.4, 0.5) is 5.69 Å². The van der Waals surface area contributed by atoms with E-state index in [0.29, 0.717) is 11.1 Å². The Balaban J connectivity index is 1.75. The number of hydrogen-bond donors (Lipinski definition) is 2. The largest absolute Gasteiger partial charge is 0.493 e. The summed E-state index contributed by atoms with van der Waals surface area (Å²) in [7, 11) is -7.93. The number of anilines is 1. The third-order valence-corrected chi connectivity index (χ3v) is 6.83. The van der Waals surface area contributed by atoms with Crippen LogP contribution in [0.25, 0.3) is 0 Å². The first-order valence-electron chi connectivity index (χ1n) is 10.5. The predicted molar refractivity (Wildman–Crippen MR) is 133 cm³/mol. The Labute approximate surface area is 208 Å². The van der Waals surface area contributed by atoms with Gasteiger partial charge in [0, 0.05) is 12.0 Å². The van der Waals surface area contributed by atoms with E-state index in [1.165, 1.54) is 12.1 Å². The van der Waals surface area contributed by atoms with E-state index in [1.807, 2.05) is 4.72 Å². The van der Waals surface area contributed by atoms with Crippen LogP contribution in [0.1, 0.15) is 27.0 Å². The molecule has 0 spiro atoms. The van der Waals surface area contributed by atoms with Gasteiger partial charge in [0.25, 0.3) is 0 Å². The Morgan fingerprint density at radius 3 is 2.39 bits per heavy atom. The molecule has 0 atom stereocenters. The number of carbonyl (C=O) groups is 1. The number of nitrogens with one attached hydrogen (secondary N) is 1. The number of esters is 1. The first kappa shape index (κ1) is 25.1. The maximum atomic E-state index is 12.8. The van der Waals surface area contributed by atoms with Gasteiger partial charge in [-0.1, -0.05) is 36.4 Å². The highest BCUT2D eigenvalue weighted by Crippen LogP contribution is 2.35. The average molecular weight is 531 g/mol. The molecular weight excluding hydrogens is 508 g/mol. The molecular formula is C24H22N2O8S2. The van der Waals surface area contributed by atoms with Gasteiger partial charge in [0.2, 0.25) is 5.88 Å². The highest BCUT2D eigenvalue weighted by molar-refractivity contribution is 7.91. The fourth-order valence-corrected chi connectivity index (χ4v) is 5.07. The number of nitrogens with zero attached hydrogens (tertiary/aromatic N) is 1. The quantitative estimate of drug-likeness (QED) is 0.270. The Morgan fingerprint density at radius 1 is 1.03 bits per heavy atom. The zero-order valence-electron chi connectivity index (χ0n) is 19.2. The molecule has 0 aliphatic carbocycles. The fraction of sp³-hybridized carbons (Fsp3) is 0.125. The smallest absolute Gasteiger partial charge is 0.343 e. The molecule has 1 aliphatic rings. The van der Waals surface area contributed by atoms with Crippen LogP contribution in [-0.4, -0.2) is 34.2 Å². The molecule has 0 amide bonds. The van der Waals surface area contributed by atoms with E-state index in [4.69, 9.17) is 8.92 Å². The minimum Gasteiger partial charge on any atom is -0.493 e. The van der Waals surface area contributed by atoms with Crippen LogP contribution < -0.4 is 17.9 Å². The summed E-state index contributed by atoms with van der Waals surface area (Å²) in [5.74, 6) is -1.25. The molecule has 36 heavy (non-hydrogen) atoms. The molecule has 0 saturated carbocycles.